The highest BCUT2D eigenvalue weighted by atomic mass is 32.2. The Balaban J connectivity index is 2.34. The number of benzene rings is 1. The van der Waals surface area contributed by atoms with E-state index in [1.165, 1.54) is 24.5 Å². The monoisotopic (exact) mass is 311 g/mol. The third-order valence-corrected chi connectivity index (χ3v) is 4.44. The van der Waals surface area contributed by atoms with E-state index in [1.54, 1.807) is 23.2 Å². The molecule has 106 valence electrons. The van der Waals surface area contributed by atoms with E-state index in [0.717, 1.165) is 10.6 Å². The van der Waals surface area contributed by atoms with Crippen molar-refractivity contribution in [3.8, 4) is 10.6 Å². The lowest BCUT2D eigenvalue weighted by molar-refractivity contribution is -0.139. The van der Waals surface area contributed by atoms with E-state index in [4.69, 9.17) is 0 Å². The van der Waals surface area contributed by atoms with Crippen molar-refractivity contribution in [2.24, 2.45) is 0 Å². The number of halogens is 1. The fourth-order valence-corrected chi connectivity index (χ4v) is 3.48. The molecule has 2 aromatic rings. The number of esters is 1. The minimum atomic E-state index is -0.349. The molecule has 0 fully saturated rings. The average molecular weight is 311 g/mol. The normalized spacial score (nSPS) is 10.6. The van der Waals surface area contributed by atoms with E-state index < -0.39 is 0 Å². The van der Waals surface area contributed by atoms with Gasteiger partial charge in [-0.2, -0.15) is 0 Å². The number of thiazole rings is 1. The van der Waals surface area contributed by atoms with Crippen LogP contribution in [0, 0.1) is 5.82 Å². The predicted molar refractivity (Wildman–Crippen MR) is 79.6 cm³/mol. The van der Waals surface area contributed by atoms with E-state index >= 15 is 0 Å². The van der Waals surface area contributed by atoms with Crippen molar-refractivity contribution >= 4 is 29.1 Å². The summed E-state index contributed by atoms with van der Waals surface area (Å²) in [4.78, 5) is 16.4. The lowest BCUT2D eigenvalue weighted by Gasteiger charge is -2.06. The van der Waals surface area contributed by atoms with Gasteiger partial charge < -0.3 is 4.74 Å². The molecule has 1 aromatic heterocycles. The van der Waals surface area contributed by atoms with E-state index in [2.05, 4.69) is 9.72 Å². The average Bonchev–Trinajstić information content (AvgIpc) is 2.87. The van der Waals surface area contributed by atoms with Gasteiger partial charge in [0.05, 0.1) is 24.8 Å². The van der Waals surface area contributed by atoms with Gasteiger partial charge in [0.25, 0.3) is 0 Å². The molecular weight excluding hydrogens is 297 g/mol. The molecule has 20 heavy (non-hydrogen) atoms. The SMILES string of the molecule is CCSc1cccc(F)c1-c1nc(CC(=O)OC)cs1. The summed E-state index contributed by atoms with van der Waals surface area (Å²) in [5.74, 6) is 0.220. The second kappa shape index (κ2) is 6.85. The molecule has 0 amide bonds. The first-order valence-electron chi connectivity index (χ1n) is 6.08. The highest BCUT2D eigenvalue weighted by Gasteiger charge is 2.15. The van der Waals surface area contributed by atoms with E-state index in [1.807, 2.05) is 13.0 Å². The highest BCUT2D eigenvalue weighted by molar-refractivity contribution is 7.99. The lowest BCUT2D eigenvalue weighted by Crippen LogP contribution is -2.04. The summed E-state index contributed by atoms with van der Waals surface area (Å²) in [6.07, 6.45) is 0.109. The molecule has 6 heteroatoms. The van der Waals surface area contributed by atoms with Crippen LogP contribution < -0.4 is 0 Å². The molecule has 0 aliphatic heterocycles. The largest absolute Gasteiger partial charge is 0.469 e. The first kappa shape index (κ1) is 15.0. The molecule has 2 rings (SSSR count). The van der Waals surface area contributed by atoms with Gasteiger partial charge >= 0.3 is 5.97 Å². The van der Waals surface area contributed by atoms with Gasteiger partial charge in [-0.05, 0) is 17.9 Å². The zero-order valence-corrected chi connectivity index (χ0v) is 12.8. The number of nitrogens with zero attached hydrogens (tertiary/aromatic N) is 1. The topological polar surface area (TPSA) is 39.2 Å². The number of hydrogen-bond acceptors (Lipinski definition) is 5. The second-order valence-electron chi connectivity index (χ2n) is 3.94. The molecule has 0 bridgehead atoms. The summed E-state index contributed by atoms with van der Waals surface area (Å²) in [6, 6.07) is 5.00. The Kier molecular flexibility index (Phi) is 5.14. The van der Waals surface area contributed by atoms with Crippen molar-refractivity contribution < 1.29 is 13.9 Å². The van der Waals surface area contributed by atoms with Crippen LogP contribution in [0.25, 0.3) is 10.6 Å². The lowest BCUT2D eigenvalue weighted by atomic mass is 10.2. The van der Waals surface area contributed by atoms with Crippen molar-refractivity contribution in [3.05, 3.63) is 35.1 Å². The van der Waals surface area contributed by atoms with Gasteiger partial charge in [-0.15, -0.1) is 23.1 Å². The standard InChI is InChI=1S/C14H14FNO2S2/c1-3-19-11-6-4-5-10(15)13(11)14-16-9(8-20-14)7-12(17)18-2/h4-6,8H,3,7H2,1-2H3. The summed E-state index contributed by atoms with van der Waals surface area (Å²) in [7, 11) is 1.34. The Bertz CT molecular complexity index is 613. The van der Waals surface area contributed by atoms with Crippen molar-refractivity contribution in [1.29, 1.82) is 0 Å². The van der Waals surface area contributed by atoms with Crippen LogP contribution in [0.15, 0.2) is 28.5 Å². The molecule has 0 saturated heterocycles. The number of thioether (sulfide) groups is 1. The maximum Gasteiger partial charge on any atom is 0.311 e. The number of carbonyl (C=O) groups is 1. The number of rotatable bonds is 5. The summed E-state index contributed by atoms with van der Waals surface area (Å²) in [5, 5.41) is 2.36. The van der Waals surface area contributed by atoms with Crippen molar-refractivity contribution in [3.63, 3.8) is 0 Å². The van der Waals surface area contributed by atoms with Crippen molar-refractivity contribution in [2.75, 3.05) is 12.9 Å². The molecule has 0 N–H and O–H groups in total. The molecule has 0 atom stereocenters. The Morgan fingerprint density at radius 3 is 3.00 bits per heavy atom. The smallest absolute Gasteiger partial charge is 0.311 e. The molecule has 0 aliphatic rings. The third-order valence-electron chi connectivity index (χ3n) is 2.59. The Hall–Kier alpha value is -1.40. The molecule has 0 spiro atoms. The predicted octanol–water partition coefficient (Wildman–Crippen LogP) is 3.78. The maximum absolute atomic E-state index is 14.1. The van der Waals surface area contributed by atoms with Gasteiger partial charge in [-0.3, -0.25) is 4.79 Å². The molecule has 3 nitrogen and oxygen atoms in total. The number of ether oxygens (including phenoxy) is 1. The van der Waals surface area contributed by atoms with Crippen molar-refractivity contribution in [1.82, 2.24) is 4.98 Å². The molecule has 0 unspecified atom stereocenters. The summed E-state index contributed by atoms with van der Waals surface area (Å²) in [6.45, 7) is 2.02. The van der Waals surface area contributed by atoms with E-state index in [-0.39, 0.29) is 18.2 Å². The van der Waals surface area contributed by atoms with Crippen LogP contribution in [-0.2, 0) is 16.0 Å². The van der Waals surface area contributed by atoms with Crippen LogP contribution in [0.5, 0.6) is 0 Å². The fraction of sp³-hybridized carbons (Fsp3) is 0.286. The van der Waals surface area contributed by atoms with Gasteiger partial charge in [0, 0.05) is 10.3 Å². The molecule has 1 aromatic carbocycles. The molecular formula is C14H14FNO2S2. The first-order chi connectivity index (χ1) is 9.65. The zero-order chi connectivity index (χ0) is 14.5. The highest BCUT2D eigenvalue weighted by Crippen LogP contribution is 2.35. The quantitative estimate of drug-likeness (QED) is 0.622. The van der Waals surface area contributed by atoms with Crippen LogP contribution in [0.2, 0.25) is 0 Å². The van der Waals surface area contributed by atoms with Gasteiger partial charge in [-0.1, -0.05) is 13.0 Å². The van der Waals surface area contributed by atoms with E-state index in [0.29, 0.717) is 16.3 Å². The van der Waals surface area contributed by atoms with E-state index in [9.17, 15) is 9.18 Å². The zero-order valence-electron chi connectivity index (χ0n) is 11.2. The fourth-order valence-electron chi connectivity index (χ4n) is 1.71. The van der Waals surface area contributed by atoms with Crippen LogP contribution in [0.1, 0.15) is 12.6 Å². The summed E-state index contributed by atoms with van der Waals surface area (Å²) in [5.41, 5.74) is 1.12. The summed E-state index contributed by atoms with van der Waals surface area (Å²) < 4.78 is 18.7. The Morgan fingerprint density at radius 1 is 1.50 bits per heavy atom. The van der Waals surface area contributed by atoms with Crippen LogP contribution in [0.4, 0.5) is 4.39 Å². The molecule has 0 aliphatic carbocycles. The number of aromatic nitrogens is 1. The van der Waals surface area contributed by atoms with Crippen LogP contribution in [0.3, 0.4) is 0 Å². The van der Waals surface area contributed by atoms with Crippen LogP contribution >= 0.6 is 23.1 Å². The maximum atomic E-state index is 14.1. The molecule has 0 saturated carbocycles. The van der Waals surface area contributed by atoms with Crippen molar-refractivity contribution in [2.45, 2.75) is 18.2 Å². The van der Waals surface area contributed by atoms with Crippen LogP contribution in [-0.4, -0.2) is 23.8 Å². The van der Waals surface area contributed by atoms with Gasteiger partial charge in [-0.25, -0.2) is 9.37 Å². The minimum absolute atomic E-state index is 0.109. The van der Waals surface area contributed by atoms with Gasteiger partial charge in [0.1, 0.15) is 10.8 Å². The number of hydrogen-bond donors (Lipinski definition) is 0. The second-order valence-corrected chi connectivity index (χ2v) is 6.11. The first-order valence-corrected chi connectivity index (χ1v) is 7.95. The number of methoxy groups -OCH3 is 1. The third kappa shape index (κ3) is 3.37. The molecule has 0 radical (unpaired) electrons. The number of carbonyl (C=O) groups excluding carboxylic acids is 1. The summed E-state index contributed by atoms with van der Waals surface area (Å²) >= 11 is 2.91. The Morgan fingerprint density at radius 2 is 2.30 bits per heavy atom. The van der Waals surface area contributed by atoms with Gasteiger partial charge in [0.15, 0.2) is 0 Å². The molecule has 1 heterocycles. The van der Waals surface area contributed by atoms with Gasteiger partial charge in [0.2, 0.25) is 0 Å². The Labute approximate surface area is 125 Å². The minimum Gasteiger partial charge on any atom is -0.469 e.